The molecule has 3 heterocycles. The van der Waals surface area contributed by atoms with Gasteiger partial charge in [0, 0.05) is 5.75 Å². The summed E-state index contributed by atoms with van der Waals surface area (Å²) in [5.41, 5.74) is 2.33. The van der Waals surface area contributed by atoms with Crippen LogP contribution in [0.3, 0.4) is 0 Å². The van der Waals surface area contributed by atoms with Crippen molar-refractivity contribution < 1.29 is 19.4 Å². The maximum Gasteiger partial charge on any atom is 0.296 e. The van der Waals surface area contributed by atoms with E-state index in [4.69, 9.17) is 4.74 Å². The molecule has 1 N–H and O–H groups in total. The van der Waals surface area contributed by atoms with Gasteiger partial charge < -0.3 is 9.84 Å². The molecule has 0 radical (unpaired) electrons. The Bertz CT molecular complexity index is 1870. The van der Waals surface area contributed by atoms with Crippen molar-refractivity contribution in [3.63, 3.8) is 0 Å². The number of nitrogens with zero attached hydrogens (tertiary/aromatic N) is 4. The van der Waals surface area contributed by atoms with E-state index in [1.54, 1.807) is 13.0 Å². The lowest BCUT2D eigenvalue weighted by Gasteiger charge is -2.24. The first-order valence-corrected chi connectivity index (χ1v) is 16.4. The van der Waals surface area contributed by atoms with E-state index in [2.05, 4.69) is 39.4 Å². The topological polar surface area (TPSA) is 106 Å². The predicted octanol–water partition coefficient (Wildman–Crippen LogP) is 7.63. The number of thioether (sulfide) groups is 1. The zero-order valence-electron chi connectivity index (χ0n) is 23.7. The third-order valence-corrected chi connectivity index (χ3v) is 10.2. The first kappa shape index (κ1) is 29.0. The summed E-state index contributed by atoms with van der Waals surface area (Å²) >= 11 is 4.02. The molecule has 1 atom stereocenters. The van der Waals surface area contributed by atoms with Crippen molar-refractivity contribution in [1.82, 2.24) is 15.2 Å². The highest BCUT2D eigenvalue weighted by molar-refractivity contribution is 8.00. The van der Waals surface area contributed by atoms with Gasteiger partial charge in [0.2, 0.25) is 10.9 Å². The monoisotopic (exact) mass is 628 g/mol. The van der Waals surface area contributed by atoms with E-state index in [0.29, 0.717) is 43.7 Å². The Morgan fingerprint density at radius 1 is 1.05 bits per heavy atom. The Kier molecular flexibility index (Phi) is 8.29. The van der Waals surface area contributed by atoms with E-state index in [1.807, 2.05) is 50.2 Å². The van der Waals surface area contributed by atoms with E-state index in [-0.39, 0.29) is 5.57 Å². The molecule has 43 heavy (non-hydrogen) atoms. The first-order valence-electron chi connectivity index (χ1n) is 13.8. The molecular weight excluding hydrogens is 601 g/mol. The molecule has 218 valence electrons. The molecule has 0 saturated heterocycles. The zero-order valence-corrected chi connectivity index (χ0v) is 26.2. The number of carbonyl (C=O) groups is 2. The molecule has 8 nitrogen and oxygen atoms in total. The number of hydrogen-bond acceptors (Lipinski definition) is 10. The van der Waals surface area contributed by atoms with Gasteiger partial charge in [-0.3, -0.25) is 14.5 Å². The standard InChI is InChI=1S/C32H28N4O4S3/c1-4-15-40-23-13-8-11-21(16-23)26-25(27(37)29-18(2)33-19(3)42-29)28(38)30(39)36(26)31-34-35-32(43-31)41-17-22-12-7-10-20-9-5-6-14-24(20)22/h5-14,16,26,38H,4,15,17H2,1-3H3. The Hall–Kier alpha value is -4.06. The van der Waals surface area contributed by atoms with Gasteiger partial charge in [-0.05, 0) is 54.3 Å². The van der Waals surface area contributed by atoms with Crippen molar-refractivity contribution in [3.05, 3.63) is 105 Å². The number of benzene rings is 3. The van der Waals surface area contributed by atoms with Gasteiger partial charge in [0.05, 0.1) is 33.8 Å². The van der Waals surface area contributed by atoms with Crippen LogP contribution in [0.4, 0.5) is 5.13 Å². The number of ether oxygens (including phenoxy) is 1. The van der Waals surface area contributed by atoms with Crippen LogP contribution >= 0.6 is 34.4 Å². The van der Waals surface area contributed by atoms with Crippen molar-refractivity contribution >= 4 is 62.0 Å². The van der Waals surface area contributed by atoms with Crippen molar-refractivity contribution in [2.75, 3.05) is 11.5 Å². The number of aliphatic hydroxyl groups excluding tert-OH is 1. The highest BCUT2D eigenvalue weighted by atomic mass is 32.2. The van der Waals surface area contributed by atoms with E-state index in [9.17, 15) is 14.7 Å². The zero-order chi connectivity index (χ0) is 30.1. The minimum atomic E-state index is -0.921. The fourth-order valence-electron chi connectivity index (χ4n) is 5.12. The number of carbonyl (C=O) groups excluding carboxylic acids is 2. The molecule has 1 aliphatic heterocycles. The lowest BCUT2D eigenvalue weighted by atomic mass is 9.95. The largest absolute Gasteiger partial charge is 0.503 e. The first-order chi connectivity index (χ1) is 20.9. The minimum absolute atomic E-state index is 0.00968. The normalized spacial score (nSPS) is 15.1. The fourth-order valence-corrected chi connectivity index (χ4v) is 7.87. The second-order valence-electron chi connectivity index (χ2n) is 10.0. The number of Topliss-reactive ketones (excluding diaryl/α,β-unsaturated/α-hetero) is 1. The van der Waals surface area contributed by atoms with Gasteiger partial charge in [-0.2, -0.15) is 0 Å². The van der Waals surface area contributed by atoms with Crippen LogP contribution in [0.2, 0.25) is 0 Å². The van der Waals surface area contributed by atoms with Crippen LogP contribution in [0.1, 0.15) is 50.9 Å². The van der Waals surface area contributed by atoms with E-state index < -0.39 is 23.5 Å². The van der Waals surface area contributed by atoms with Crippen LogP contribution in [0.25, 0.3) is 10.8 Å². The number of ketones is 1. The molecule has 3 aromatic carbocycles. The summed E-state index contributed by atoms with van der Waals surface area (Å²) in [4.78, 5) is 33.7. The van der Waals surface area contributed by atoms with Gasteiger partial charge in [-0.15, -0.1) is 21.5 Å². The van der Waals surface area contributed by atoms with Gasteiger partial charge >= 0.3 is 0 Å². The number of rotatable bonds is 10. The number of aromatic nitrogens is 3. The molecule has 11 heteroatoms. The summed E-state index contributed by atoms with van der Waals surface area (Å²) in [6.07, 6.45) is 0.830. The highest BCUT2D eigenvalue weighted by Crippen LogP contribution is 2.45. The summed E-state index contributed by atoms with van der Waals surface area (Å²) in [5.74, 6) is -0.453. The molecule has 0 saturated carbocycles. The molecule has 0 spiro atoms. The lowest BCUT2D eigenvalue weighted by molar-refractivity contribution is -0.117. The lowest BCUT2D eigenvalue weighted by Crippen LogP contribution is -2.31. The molecule has 5 aromatic rings. The van der Waals surface area contributed by atoms with Crippen LogP contribution in [-0.2, 0) is 10.5 Å². The Labute approximate surface area is 261 Å². The number of hydrogen-bond donors (Lipinski definition) is 1. The molecule has 0 fully saturated rings. The Morgan fingerprint density at radius 2 is 1.84 bits per heavy atom. The van der Waals surface area contributed by atoms with Crippen LogP contribution in [0, 0.1) is 13.8 Å². The van der Waals surface area contributed by atoms with Crippen molar-refractivity contribution in [3.8, 4) is 5.75 Å². The van der Waals surface area contributed by atoms with Gasteiger partial charge in [0.25, 0.3) is 5.91 Å². The molecule has 6 rings (SSSR count). The molecular formula is C32H28N4O4S3. The molecule has 2 aromatic heterocycles. The second kappa shape index (κ2) is 12.3. The quantitative estimate of drug-likeness (QED) is 0.0956. The van der Waals surface area contributed by atoms with E-state index in [0.717, 1.165) is 11.4 Å². The average molecular weight is 629 g/mol. The number of thiazole rings is 1. The summed E-state index contributed by atoms with van der Waals surface area (Å²) in [7, 11) is 0. The van der Waals surface area contributed by atoms with E-state index in [1.165, 1.54) is 55.7 Å². The highest BCUT2D eigenvalue weighted by Gasteiger charge is 2.46. The summed E-state index contributed by atoms with van der Waals surface area (Å²) in [6.45, 7) is 6.11. The number of aliphatic hydroxyl groups is 1. The van der Waals surface area contributed by atoms with Crippen LogP contribution in [0.15, 0.2) is 82.4 Å². The molecule has 1 unspecified atom stereocenters. The molecule has 1 aliphatic rings. The van der Waals surface area contributed by atoms with Crippen LogP contribution in [-0.4, -0.2) is 38.6 Å². The fraction of sp³-hybridized carbons (Fsp3) is 0.219. The van der Waals surface area contributed by atoms with Gasteiger partial charge in [0.15, 0.2) is 10.1 Å². The molecule has 0 bridgehead atoms. The SMILES string of the molecule is CCCOc1cccc(C2C(C(=O)c3sc(C)nc3C)=C(O)C(=O)N2c2nnc(SCc3cccc4ccccc34)s2)c1. The van der Waals surface area contributed by atoms with Crippen molar-refractivity contribution in [2.45, 2.75) is 43.3 Å². The predicted molar refractivity (Wildman–Crippen MR) is 171 cm³/mol. The van der Waals surface area contributed by atoms with Crippen molar-refractivity contribution in [1.29, 1.82) is 0 Å². The average Bonchev–Trinajstić information content (AvgIpc) is 3.70. The smallest absolute Gasteiger partial charge is 0.296 e. The van der Waals surface area contributed by atoms with Crippen molar-refractivity contribution in [2.24, 2.45) is 0 Å². The third kappa shape index (κ3) is 5.67. The maximum absolute atomic E-state index is 13.9. The maximum atomic E-state index is 13.9. The van der Waals surface area contributed by atoms with Crippen LogP contribution < -0.4 is 9.64 Å². The van der Waals surface area contributed by atoms with Gasteiger partial charge in [-0.1, -0.05) is 84.6 Å². The van der Waals surface area contributed by atoms with E-state index >= 15 is 0 Å². The minimum Gasteiger partial charge on any atom is -0.503 e. The Balaban J connectivity index is 1.35. The number of anilines is 1. The molecule has 1 amide bonds. The molecule has 0 aliphatic carbocycles. The Morgan fingerprint density at radius 3 is 2.63 bits per heavy atom. The summed E-state index contributed by atoms with van der Waals surface area (Å²) < 4.78 is 6.53. The summed E-state index contributed by atoms with van der Waals surface area (Å²) in [6, 6.07) is 20.8. The number of fused-ring (bicyclic) bond motifs is 1. The number of aryl methyl sites for hydroxylation is 2. The van der Waals surface area contributed by atoms with Gasteiger partial charge in [-0.25, -0.2) is 4.98 Å². The van der Waals surface area contributed by atoms with Crippen LogP contribution in [0.5, 0.6) is 5.75 Å². The summed E-state index contributed by atoms with van der Waals surface area (Å²) in [5, 5.41) is 23.3. The second-order valence-corrected chi connectivity index (χ2v) is 13.4. The number of amides is 1. The third-order valence-electron chi connectivity index (χ3n) is 7.04. The van der Waals surface area contributed by atoms with Gasteiger partial charge in [0.1, 0.15) is 5.75 Å².